The van der Waals surface area contributed by atoms with Crippen molar-refractivity contribution in [2.45, 2.75) is 13.0 Å². The van der Waals surface area contributed by atoms with Crippen molar-refractivity contribution in [1.82, 2.24) is 10.3 Å². The molecule has 4 rings (SSSR count). The molecule has 1 aliphatic rings. The number of amides is 3. The molecule has 0 spiro atoms. The van der Waals surface area contributed by atoms with Gasteiger partial charge in [-0.1, -0.05) is 36.4 Å². The fraction of sp³-hybridized carbons (Fsp3) is 0.174. The fourth-order valence-electron chi connectivity index (χ4n) is 3.23. The van der Waals surface area contributed by atoms with E-state index in [0.29, 0.717) is 30.2 Å². The number of carbonyl (C=O) groups excluding carboxylic acids is 2. The van der Waals surface area contributed by atoms with Crippen molar-refractivity contribution < 1.29 is 14.3 Å². The molecule has 3 amide bonds. The molecule has 0 aliphatic carbocycles. The smallest absolute Gasteiger partial charge is 0.321 e. The van der Waals surface area contributed by atoms with Crippen LogP contribution in [-0.4, -0.2) is 30.0 Å². The van der Waals surface area contributed by atoms with Crippen molar-refractivity contribution in [3.8, 4) is 5.88 Å². The Hall–Kier alpha value is -3.87. The van der Waals surface area contributed by atoms with Gasteiger partial charge in [0.1, 0.15) is 6.10 Å². The van der Waals surface area contributed by atoms with Gasteiger partial charge in [-0.3, -0.25) is 9.69 Å². The van der Waals surface area contributed by atoms with Crippen LogP contribution in [0.4, 0.5) is 16.2 Å². The van der Waals surface area contributed by atoms with E-state index >= 15 is 0 Å². The molecule has 7 heteroatoms. The number of nitrogens with zero attached hydrogens (tertiary/aromatic N) is 2. The molecule has 30 heavy (non-hydrogen) atoms. The van der Waals surface area contributed by atoms with Gasteiger partial charge in [-0.25, -0.2) is 9.78 Å². The molecule has 1 saturated heterocycles. The molecule has 1 aliphatic heterocycles. The van der Waals surface area contributed by atoms with Crippen LogP contribution in [0.25, 0.3) is 0 Å². The van der Waals surface area contributed by atoms with Gasteiger partial charge in [-0.2, -0.15) is 0 Å². The van der Waals surface area contributed by atoms with Crippen molar-refractivity contribution in [3.63, 3.8) is 0 Å². The third-order valence-corrected chi connectivity index (χ3v) is 4.84. The number of hydrogen-bond acceptors (Lipinski definition) is 4. The molecule has 0 bridgehead atoms. The number of nitrogens with one attached hydrogen (secondary N) is 2. The summed E-state index contributed by atoms with van der Waals surface area (Å²) in [5.41, 5.74) is 2.81. The third kappa shape index (κ3) is 4.41. The Morgan fingerprint density at radius 2 is 1.97 bits per heavy atom. The Kier molecular flexibility index (Phi) is 5.61. The lowest BCUT2D eigenvalue weighted by atomic mass is 10.1. The zero-order valence-corrected chi connectivity index (χ0v) is 16.5. The Bertz CT molecular complexity index is 1040. The standard InChI is InChI=1S/C23H22N4O3/c1-16(17-6-3-2-4-7-17)30-21-11-10-18(15-25-21)22(28)26-19-8-5-9-20(14-19)27-13-12-24-23(27)29/h2-11,14-16H,12-13H2,1H3,(H,24,29)(H,26,28)/t16-/m1/s1. The first-order chi connectivity index (χ1) is 14.6. The van der Waals surface area contributed by atoms with Gasteiger partial charge in [0, 0.05) is 36.7 Å². The number of rotatable bonds is 6. The topological polar surface area (TPSA) is 83.6 Å². The zero-order valence-electron chi connectivity index (χ0n) is 16.5. The molecule has 7 nitrogen and oxygen atoms in total. The molecule has 1 fully saturated rings. The SMILES string of the molecule is C[C@@H](Oc1ccc(C(=O)Nc2cccc(N3CCNC3=O)c2)cn1)c1ccccc1. The minimum Gasteiger partial charge on any atom is -0.470 e. The second-order valence-electron chi connectivity index (χ2n) is 6.94. The summed E-state index contributed by atoms with van der Waals surface area (Å²) in [5.74, 6) is 0.165. The van der Waals surface area contributed by atoms with Gasteiger partial charge < -0.3 is 15.4 Å². The number of pyridine rings is 1. The maximum Gasteiger partial charge on any atom is 0.321 e. The van der Waals surface area contributed by atoms with E-state index in [2.05, 4.69) is 15.6 Å². The highest BCUT2D eigenvalue weighted by molar-refractivity contribution is 6.04. The molecule has 1 aromatic heterocycles. The molecule has 2 N–H and O–H groups in total. The number of ether oxygens (including phenoxy) is 1. The van der Waals surface area contributed by atoms with Crippen LogP contribution in [0.5, 0.6) is 5.88 Å². The zero-order chi connectivity index (χ0) is 20.9. The average Bonchev–Trinajstić information content (AvgIpc) is 3.21. The summed E-state index contributed by atoms with van der Waals surface area (Å²) < 4.78 is 5.85. The fourth-order valence-corrected chi connectivity index (χ4v) is 3.23. The highest BCUT2D eigenvalue weighted by Gasteiger charge is 2.21. The highest BCUT2D eigenvalue weighted by Crippen LogP contribution is 2.22. The summed E-state index contributed by atoms with van der Waals surface area (Å²) >= 11 is 0. The first-order valence-corrected chi connectivity index (χ1v) is 9.74. The molecule has 2 aromatic carbocycles. The van der Waals surface area contributed by atoms with Gasteiger partial charge in [0.25, 0.3) is 5.91 Å². The minimum atomic E-state index is -0.284. The first kappa shape index (κ1) is 19.4. The van der Waals surface area contributed by atoms with E-state index in [1.54, 1.807) is 35.2 Å². The van der Waals surface area contributed by atoms with Gasteiger partial charge in [0.15, 0.2) is 0 Å². The Morgan fingerprint density at radius 1 is 1.13 bits per heavy atom. The van der Waals surface area contributed by atoms with Crippen LogP contribution >= 0.6 is 0 Å². The Morgan fingerprint density at radius 3 is 2.67 bits per heavy atom. The molecule has 0 radical (unpaired) electrons. The van der Waals surface area contributed by atoms with Crippen LogP contribution in [0.3, 0.4) is 0 Å². The molecule has 3 aromatic rings. The predicted molar refractivity (Wildman–Crippen MR) is 115 cm³/mol. The van der Waals surface area contributed by atoms with E-state index in [0.717, 1.165) is 11.3 Å². The predicted octanol–water partition coefficient (Wildman–Crippen LogP) is 4.00. The normalized spacial score (nSPS) is 14.2. The van der Waals surface area contributed by atoms with Crippen LogP contribution < -0.4 is 20.3 Å². The number of urea groups is 1. The van der Waals surface area contributed by atoms with Crippen molar-refractivity contribution in [2.75, 3.05) is 23.3 Å². The molecule has 0 saturated carbocycles. The molecular formula is C23H22N4O3. The lowest BCUT2D eigenvalue weighted by molar-refractivity contribution is 0.102. The van der Waals surface area contributed by atoms with E-state index in [1.807, 2.05) is 43.3 Å². The van der Waals surface area contributed by atoms with Gasteiger partial charge in [0.05, 0.1) is 5.56 Å². The summed E-state index contributed by atoms with van der Waals surface area (Å²) in [4.78, 5) is 30.3. The molecule has 0 unspecified atom stereocenters. The monoisotopic (exact) mass is 402 g/mol. The summed E-state index contributed by atoms with van der Waals surface area (Å²) in [6.07, 6.45) is 1.34. The summed E-state index contributed by atoms with van der Waals surface area (Å²) in [7, 11) is 0. The first-order valence-electron chi connectivity index (χ1n) is 9.74. The maximum atomic E-state index is 12.6. The van der Waals surface area contributed by atoms with Crippen molar-refractivity contribution in [3.05, 3.63) is 84.1 Å². The van der Waals surface area contributed by atoms with E-state index in [-0.39, 0.29) is 18.0 Å². The maximum absolute atomic E-state index is 12.6. The van der Waals surface area contributed by atoms with Crippen LogP contribution in [0, 0.1) is 0 Å². The number of carbonyl (C=O) groups is 2. The highest BCUT2D eigenvalue weighted by atomic mass is 16.5. The number of aromatic nitrogens is 1. The lowest BCUT2D eigenvalue weighted by Gasteiger charge is -2.16. The quantitative estimate of drug-likeness (QED) is 0.653. The Labute approximate surface area is 174 Å². The average molecular weight is 402 g/mol. The summed E-state index contributed by atoms with van der Waals surface area (Å²) in [5, 5.41) is 5.61. The number of anilines is 2. The number of hydrogen-bond donors (Lipinski definition) is 2. The van der Waals surface area contributed by atoms with E-state index in [9.17, 15) is 9.59 Å². The van der Waals surface area contributed by atoms with E-state index in [4.69, 9.17) is 4.74 Å². The van der Waals surface area contributed by atoms with Gasteiger partial charge in [-0.05, 0) is 36.8 Å². The second kappa shape index (κ2) is 8.65. The number of benzene rings is 2. The van der Waals surface area contributed by atoms with Crippen LogP contribution in [0.2, 0.25) is 0 Å². The summed E-state index contributed by atoms with van der Waals surface area (Å²) in [6.45, 7) is 3.16. The van der Waals surface area contributed by atoms with Gasteiger partial charge >= 0.3 is 6.03 Å². The molecule has 2 heterocycles. The largest absolute Gasteiger partial charge is 0.470 e. The van der Waals surface area contributed by atoms with Gasteiger partial charge in [-0.15, -0.1) is 0 Å². The summed E-state index contributed by atoms with van der Waals surface area (Å²) in [6, 6.07) is 20.3. The molecular weight excluding hydrogens is 380 g/mol. The van der Waals surface area contributed by atoms with Crippen LogP contribution in [0.1, 0.15) is 28.9 Å². The van der Waals surface area contributed by atoms with E-state index < -0.39 is 0 Å². The van der Waals surface area contributed by atoms with Crippen LogP contribution in [-0.2, 0) is 0 Å². The van der Waals surface area contributed by atoms with Crippen molar-refractivity contribution >= 4 is 23.3 Å². The van der Waals surface area contributed by atoms with Crippen molar-refractivity contribution in [1.29, 1.82) is 0 Å². The lowest BCUT2D eigenvalue weighted by Crippen LogP contribution is -2.27. The minimum absolute atomic E-state index is 0.136. The second-order valence-corrected chi connectivity index (χ2v) is 6.94. The van der Waals surface area contributed by atoms with Crippen LogP contribution in [0.15, 0.2) is 72.9 Å². The molecule has 152 valence electrons. The van der Waals surface area contributed by atoms with Gasteiger partial charge in [0.2, 0.25) is 5.88 Å². The van der Waals surface area contributed by atoms with E-state index in [1.165, 1.54) is 6.20 Å². The Balaban J connectivity index is 1.40. The molecule has 1 atom stereocenters. The van der Waals surface area contributed by atoms with Crippen molar-refractivity contribution in [2.24, 2.45) is 0 Å². The third-order valence-electron chi connectivity index (χ3n) is 4.84.